The second-order valence-corrected chi connectivity index (χ2v) is 6.41. The van der Waals surface area contributed by atoms with Crippen LogP contribution >= 0.6 is 0 Å². The lowest BCUT2D eigenvalue weighted by Gasteiger charge is -2.34. The number of anilines is 1. The predicted octanol–water partition coefficient (Wildman–Crippen LogP) is 1.50. The van der Waals surface area contributed by atoms with E-state index < -0.39 is 0 Å². The van der Waals surface area contributed by atoms with Crippen molar-refractivity contribution in [3.63, 3.8) is 0 Å². The van der Waals surface area contributed by atoms with Crippen LogP contribution in [0.3, 0.4) is 0 Å². The Hall–Kier alpha value is -3.69. The van der Waals surface area contributed by atoms with Crippen LogP contribution in [0.4, 0.5) is 10.6 Å². The molecule has 2 N–H and O–H groups in total. The summed E-state index contributed by atoms with van der Waals surface area (Å²) in [5.41, 5.74) is 7.25. The van der Waals surface area contributed by atoms with E-state index in [1.165, 1.54) is 6.20 Å². The number of carbonyl (C=O) groups is 1. The summed E-state index contributed by atoms with van der Waals surface area (Å²) >= 11 is 0. The normalized spacial score (nSPS) is 14.8. The molecule has 3 rings (SSSR count). The lowest BCUT2D eigenvalue weighted by Crippen LogP contribution is -2.49. The highest BCUT2D eigenvalue weighted by Gasteiger charge is 2.23. The maximum atomic E-state index is 11.8. The summed E-state index contributed by atoms with van der Waals surface area (Å²) in [5.74, 6) is 1.52. The average Bonchev–Trinajstić information content (AvgIpc) is 2.79. The fraction of sp³-hybridized carbons (Fsp3) is 0.350. The molecule has 0 saturated carbocycles. The van der Waals surface area contributed by atoms with E-state index in [0.29, 0.717) is 50.0 Å². The van der Waals surface area contributed by atoms with E-state index in [1.807, 2.05) is 29.2 Å². The van der Waals surface area contributed by atoms with Gasteiger partial charge in [0.1, 0.15) is 17.3 Å². The summed E-state index contributed by atoms with van der Waals surface area (Å²) in [6.07, 6.45) is 4.48. The van der Waals surface area contributed by atoms with Gasteiger partial charge in [-0.1, -0.05) is 12.1 Å². The van der Waals surface area contributed by atoms with E-state index in [1.54, 1.807) is 31.3 Å². The van der Waals surface area contributed by atoms with Gasteiger partial charge in [0.05, 0.1) is 32.3 Å². The second-order valence-electron chi connectivity index (χ2n) is 6.41. The Morgan fingerprint density at radius 1 is 1.23 bits per heavy atom. The van der Waals surface area contributed by atoms with E-state index in [9.17, 15) is 4.79 Å². The lowest BCUT2D eigenvalue weighted by molar-refractivity contribution is 0.105. The number of hydrogen-bond acceptors (Lipinski definition) is 8. The summed E-state index contributed by atoms with van der Waals surface area (Å²) < 4.78 is 10.3. The Labute approximate surface area is 175 Å². The van der Waals surface area contributed by atoms with E-state index >= 15 is 0 Å². The number of carbonyl (C=O) groups excluding carboxylic acids is 1. The van der Waals surface area contributed by atoms with Crippen LogP contribution in [0.15, 0.2) is 46.9 Å². The molecule has 0 unspecified atom stereocenters. The molecule has 1 aromatic heterocycles. The van der Waals surface area contributed by atoms with Crippen molar-refractivity contribution in [1.82, 2.24) is 14.9 Å². The molecule has 1 saturated heterocycles. The molecule has 0 bridgehead atoms. The molecule has 30 heavy (non-hydrogen) atoms. The highest BCUT2D eigenvalue weighted by Crippen LogP contribution is 2.15. The number of nitrogens with two attached hydrogens (primary N) is 1. The van der Waals surface area contributed by atoms with Crippen molar-refractivity contribution in [1.29, 1.82) is 0 Å². The molecule has 10 nitrogen and oxygen atoms in total. The first-order chi connectivity index (χ1) is 14.6. The molecule has 0 spiro atoms. The Bertz CT molecular complexity index is 924. The minimum atomic E-state index is -0.290. The summed E-state index contributed by atoms with van der Waals surface area (Å²) in [6, 6.07) is 7.46. The van der Waals surface area contributed by atoms with Crippen molar-refractivity contribution in [2.75, 3.05) is 44.8 Å². The maximum absolute atomic E-state index is 11.8. The zero-order valence-electron chi connectivity index (χ0n) is 17.1. The van der Waals surface area contributed by atoms with Crippen molar-refractivity contribution in [2.45, 2.75) is 6.92 Å². The van der Waals surface area contributed by atoms with Crippen molar-refractivity contribution < 1.29 is 14.3 Å². The smallest absolute Gasteiger partial charge is 0.409 e. The molecule has 0 radical (unpaired) electrons. The van der Waals surface area contributed by atoms with Gasteiger partial charge < -0.3 is 25.0 Å². The highest BCUT2D eigenvalue weighted by molar-refractivity contribution is 5.96. The Kier molecular flexibility index (Phi) is 7.14. The number of benzene rings is 1. The number of hydrogen-bond donors (Lipinski definition) is 1. The molecule has 1 fully saturated rings. The van der Waals surface area contributed by atoms with Crippen LogP contribution in [0.2, 0.25) is 0 Å². The van der Waals surface area contributed by atoms with Crippen molar-refractivity contribution in [3.05, 3.63) is 47.9 Å². The monoisotopic (exact) mass is 411 g/mol. The number of nitrogens with zero attached hydrogens (tertiary/aromatic N) is 6. The van der Waals surface area contributed by atoms with Gasteiger partial charge >= 0.3 is 6.09 Å². The summed E-state index contributed by atoms with van der Waals surface area (Å²) in [7, 11) is 1.60. The van der Waals surface area contributed by atoms with Crippen molar-refractivity contribution in [3.8, 4) is 5.75 Å². The van der Waals surface area contributed by atoms with Crippen LogP contribution < -0.4 is 15.4 Å². The maximum Gasteiger partial charge on any atom is 0.409 e. The number of aromatic nitrogens is 2. The largest absolute Gasteiger partial charge is 0.496 e. The van der Waals surface area contributed by atoms with Gasteiger partial charge in [-0.25, -0.2) is 9.78 Å². The first kappa shape index (κ1) is 21.0. The van der Waals surface area contributed by atoms with Gasteiger partial charge in [0, 0.05) is 31.7 Å². The topological polar surface area (TPSA) is 119 Å². The predicted molar refractivity (Wildman–Crippen MR) is 114 cm³/mol. The Balaban J connectivity index is 1.65. The minimum Gasteiger partial charge on any atom is -0.496 e. The fourth-order valence-corrected chi connectivity index (χ4v) is 2.94. The number of piperazine rings is 1. The van der Waals surface area contributed by atoms with Gasteiger partial charge in [0.2, 0.25) is 0 Å². The third-order valence-electron chi connectivity index (χ3n) is 4.52. The molecule has 2 heterocycles. The fourth-order valence-electron chi connectivity index (χ4n) is 2.94. The van der Waals surface area contributed by atoms with Crippen molar-refractivity contribution >= 4 is 24.0 Å². The van der Waals surface area contributed by atoms with Crippen LogP contribution in [0.25, 0.3) is 0 Å². The van der Waals surface area contributed by atoms with Crippen LogP contribution in [-0.2, 0) is 4.74 Å². The average molecular weight is 411 g/mol. The first-order valence-corrected chi connectivity index (χ1v) is 9.61. The van der Waals surface area contributed by atoms with Gasteiger partial charge in [-0.05, 0) is 19.1 Å². The van der Waals surface area contributed by atoms with Crippen LogP contribution in [0.5, 0.6) is 5.75 Å². The molecule has 0 atom stereocenters. The first-order valence-electron chi connectivity index (χ1n) is 9.61. The zero-order chi connectivity index (χ0) is 21.3. The SMILES string of the molecule is CCOC(=O)N1CCN(c2cncc(/C(N)=N\N=C/c3ccccc3OC)n2)CC1. The van der Waals surface area contributed by atoms with Gasteiger partial charge in [0.25, 0.3) is 0 Å². The summed E-state index contributed by atoms with van der Waals surface area (Å²) in [5, 5.41) is 8.06. The molecule has 0 aliphatic carbocycles. The summed E-state index contributed by atoms with van der Waals surface area (Å²) in [6.45, 7) is 4.52. The molecule has 1 aromatic carbocycles. The van der Waals surface area contributed by atoms with Crippen LogP contribution in [0, 0.1) is 0 Å². The van der Waals surface area contributed by atoms with Gasteiger partial charge in [-0.2, -0.15) is 5.10 Å². The summed E-state index contributed by atoms with van der Waals surface area (Å²) in [4.78, 5) is 24.3. The zero-order valence-corrected chi connectivity index (χ0v) is 17.1. The molecule has 2 aromatic rings. The number of amidine groups is 1. The van der Waals surface area contributed by atoms with Crippen molar-refractivity contribution in [2.24, 2.45) is 15.9 Å². The van der Waals surface area contributed by atoms with Crippen LogP contribution in [-0.4, -0.2) is 72.9 Å². The Morgan fingerprint density at radius 3 is 2.73 bits per heavy atom. The molecule has 1 amide bonds. The van der Waals surface area contributed by atoms with E-state index in [0.717, 1.165) is 5.56 Å². The van der Waals surface area contributed by atoms with E-state index in [-0.39, 0.29) is 11.9 Å². The standard InChI is InChI=1S/C20H25N7O3/c1-3-30-20(28)27-10-8-26(9-11-27)18-14-22-13-16(24-18)19(21)25-23-12-15-6-4-5-7-17(15)29-2/h4-7,12-14H,3,8-11H2,1-2H3,(H2,21,25)/b23-12-. The van der Waals surface area contributed by atoms with Crippen LogP contribution in [0.1, 0.15) is 18.2 Å². The third-order valence-corrected chi connectivity index (χ3v) is 4.52. The molecule has 1 aliphatic heterocycles. The molecule has 1 aliphatic rings. The van der Waals surface area contributed by atoms with E-state index in [2.05, 4.69) is 20.2 Å². The highest BCUT2D eigenvalue weighted by atomic mass is 16.6. The Morgan fingerprint density at radius 2 is 2.00 bits per heavy atom. The van der Waals surface area contributed by atoms with Gasteiger partial charge in [-0.15, -0.1) is 5.10 Å². The number of methoxy groups -OCH3 is 1. The molecule has 10 heteroatoms. The molecular formula is C20H25N7O3. The molecule has 158 valence electrons. The second kappa shape index (κ2) is 10.2. The number of rotatable bonds is 6. The number of amides is 1. The van der Waals surface area contributed by atoms with Gasteiger partial charge in [0.15, 0.2) is 5.84 Å². The van der Waals surface area contributed by atoms with E-state index in [4.69, 9.17) is 15.2 Å². The number of para-hydroxylation sites is 1. The number of ether oxygens (including phenoxy) is 2. The minimum absolute atomic E-state index is 0.153. The quantitative estimate of drug-likeness (QED) is 0.435. The lowest BCUT2D eigenvalue weighted by atomic mass is 10.2. The third kappa shape index (κ3) is 5.22. The molecular weight excluding hydrogens is 386 g/mol. The van der Waals surface area contributed by atoms with Gasteiger partial charge in [-0.3, -0.25) is 4.98 Å².